The monoisotopic (exact) mass is 335 g/mol. The molecule has 0 radical (unpaired) electrons. The first kappa shape index (κ1) is 18.1. The lowest BCUT2D eigenvalue weighted by atomic mass is 10.4. The second-order valence-electron chi connectivity index (χ2n) is 4.16. The molecule has 1 aromatic rings. The molecule has 0 aromatic carbocycles. The topological polar surface area (TPSA) is 73.8 Å². The third-order valence-electron chi connectivity index (χ3n) is 2.22. The third kappa shape index (κ3) is 7.07. The van der Waals surface area contributed by atoms with Crippen molar-refractivity contribution in [1.82, 2.24) is 14.3 Å². The van der Waals surface area contributed by atoms with Gasteiger partial charge in [0.2, 0.25) is 5.16 Å². The quantitative estimate of drug-likeness (QED) is 0.640. The van der Waals surface area contributed by atoms with Gasteiger partial charge in [0.25, 0.3) is 10.4 Å². The highest BCUT2D eigenvalue weighted by atomic mass is 32.2. The van der Waals surface area contributed by atoms with E-state index in [-0.39, 0.29) is 11.3 Å². The Balaban J connectivity index is 2.54. The van der Waals surface area contributed by atoms with Gasteiger partial charge in [0.15, 0.2) is 0 Å². The SMILES string of the molecule is CCOCC(COCC)Oc1nc(SC(=O)N(C)C)ns1. The van der Waals surface area contributed by atoms with Crippen molar-refractivity contribution in [3.8, 4) is 5.19 Å². The van der Waals surface area contributed by atoms with Crippen LogP contribution in [0.5, 0.6) is 5.19 Å². The maximum atomic E-state index is 11.6. The van der Waals surface area contributed by atoms with Crippen LogP contribution in [-0.2, 0) is 9.47 Å². The number of carbonyl (C=O) groups excluding carboxylic acids is 1. The molecule has 0 unspecified atom stereocenters. The fraction of sp³-hybridized carbons (Fsp3) is 0.750. The average molecular weight is 335 g/mol. The summed E-state index contributed by atoms with van der Waals surface area (Å²) >= 11 is 2.08. The van der Waals surface area contributed by atoms with Gasteiger partial charge < -0.3 is 19.1 Å². The van der Waals surface area contributed by atoms with Crippen molar-refractivity contribution in [2.45, 2.75) is 25.1 Å². The van der Waals surface area contributed by atoms with E-state index in [1.807, 2.05) is 13.8 Å². The van der Waals surface area contributed by atoms with Gasteiger partial charge in [-0.25, -0.2) is 0 Å². The van der Waals surface area contributed by atoms with Crippen molar-refractivity contribution in [3.05, 3.63) is 0 Å². The Morgan fingerprint density at radius 3 is 2.43 bits per heavy atom. The number of rotatable bonds is 9. The molecule has 0 bridgehead atoms. The Morgan fingerprint density at radius 2 is 1.90 bits per heavy atom. The van der Waals surface area contributed by atoms with Crippen molar-refractivity contribution >= 4 is 28.5 Å². The lowest BCUT2D eigenvalue weighted by molar-refractivity contribution is -0.000499. The van der Waals surface area contributed by atoms with Gasteiger partial charge >= 0.3 is 0 Å². The van der Waals surface area contributed by atoms with Gasteiger partial charge in [-0.15, -0.1) is 0 Å². The summed E-state index contributed by atoms with van der Waals surface area (Å²) in [7, 11) is 3.36. The van der Waals surface area contributed by atoms with Crippen LogP contribution in [0.2, 0.25) is 0 Å². The number of nitrogens with zero attached hydrogens (tertiary/aromatic N) is 3. The second kappa shape index (κ2) is 9.93. The molecule has 0 aliphatic carbocycles. The van der Waals surface area contributed by atoms with E-state index >= 15 is 0 Å². The standard InChI is InChI=1S/C12H21N3O4S2/c1-5-17-7-9(8-18-6-2)19-11-13-10(14-21-11)20-12(16)15(3)4/h9H,5-8H2,1-4H3. The number of carbonyl (C=O) groups is 1. The van der Waals surface area contributed by atoms with Gasteiger partial charge in [-0.2, -0.15) is 9.36 Å². The molecule has 0 atom stereocenters. The molecular weight excluding hydrogens is 314 g/mol. The summed E-state index contributed by atoms with van der Waals surface area (Å²) in [6.45, 7) is 5.92. The molecular formula is C12H21N3O4S2. The van der Waals surface area contributed by atoms with Crippen LogP contribution in [0.3, 0.4) is 0 Å². The van der Waals surface area contributed by atoms with Crippen LogP contribution in [0, 0.1) is 0 Å². The van der Waals surface area contributed by atoms with E-state index in [4.69, 9.17) is 14.2 Å². The zero-order valence-electron chi connectivity index (χ0n) is 12.7. The minimum absolute atomic E-state index is 0.125. The highest BCUT2D eigenvalue weighted by Crippen LogP contribution is 2.24. The molecule has 120 valence electrons. The highest BCUT2D eigenvalue weighted by molar-refractivity contribution is 8.13. The molecule has 21 heavy (non-hydrogen) atoms. The molecule has 0 spiro atoms. The predicted octanol–water partition coefficient (Wildman–Crippen LogP) is 2.13. The second-order valence-corrected chi connectivity index (χ2v) is 5.80. The number of hydrogen-bond donors (Lipinski definition) is 0. The zero-order chi connectivity index (χ0) is 15.7. The molecule has 1 heterocycles. The van der Waals surface area contributed by atoms with Crippen molar-refractivity contribution < 1.29 is 19.0 Å². The van der Waals surface area contributed by atoms with Crippen LogP contribution in [0.1, 0.15) is 13.8 Å². The molecule has 9 heteroatoms. The molecule has 1 aromatic heterocycles. The van der Waals surface area contributed by atoms with Crippen molar-refractivity contribution in [2.75, 3.05) is 40.5 Å². The normalized spacial score (nSPS) is 10.9. The Hall–Kier alpha value is -0.900. The molecule has 0 aliphatic heterocycles. The molecule has 1 amide bonds. The largest absolute Gasteiger partial charge is 0.461 e. The summed E-state index contributed by atoms with van der Waals surface area (Å²) in [5.74, 6) is 0. The number of aromatic nitrogens is 2. The molecule has 7 nitrogen and oxygen atoms in total. The van der Waals surface area contributed by atoms with Crippen LogP contribution < -0.4 is 4.74 Å². The molecule has 1 rings (SSSR count). The van der Waals surface area contributed by atoms with E-state index in [1.165, 1.54) is 4.90 Å². The first-order chi connectivity index (χ1) is 10.1. The first-order valence-corrected chi connectivity index (χ1v) is 8.20. The smallest absolute Gasteiger partial charge is 0.294 e. The van der Waals surface area contributed by atoms with Crippen LogP contribution in [0.15, 0.2) is 5.16 Å². The molecule has 0 aliphatic rings. The zero-order valence-corrected chi connectivity index (χ0v) is 14.3. The highest BCUT2D eigenvalue weighted by Gasteiger charge is 2.16. The maximum absolute atomic E-state index is 11.6. The number of amides is 1. The maximum Gasteiger partial charge on any atom is 0.294 e. The Kier molecular flexibility index (Phi) is 8.58. The lowest BCUT2D eigenvalue weighted by Gasteiger charge is -2.16. The Morgan fingerprint density at radius 1 is 1.29 bits per heavy atom. The Labute approximate surface area is 133 Å². The fourth-order valence-electron chi connectivity index (χ4n) is 1.21. The van der Waals surface area contributed by atoms with Gasteiger partial charge in [0.05, 0.1) is 13.2 Å². The van der Waals surface area contributed by atoms with Crippen LogP contribution in [-0.4, -0.2) is 66.1 Å². The van der Waals surface area contributed by atoms with E-state index in [0.717, 1.165) is 23.3 Å². The lowest BCUT2D eigenvalue weighted by Crippen LogP contribution is -2.28. The predicted molar refractivity (Wildman–Crippen MR) is 82.3 cm³/mol. The summed E-state index contributed by atoms with van der Waals surface area (Å²) in [5.41, 5.74) is 0. The van der Waals surface area contributed by atoms with E-state index in [9.17, 15) is 4.79 Å². The van der Waals surface area contributed by atoms with Crippen LogP contribution >= 0.6 is 23.3 Å². The van der Waals surface area contributed by atoms with E-state index in [1.54, 1.807) is 14.1 Å². The number of hydrogen-bond acceptors (Lipinski definition) is 8. The van der Waals surface area contributed by atoms with Gasteiger partial charge in [-0.3, -0.25) is 4.79 Å². The minimum Gasteiger partial charge on any atom is -0.461 e. The van der Waals surface area contributed by atoms with Crippen molar-refractivity contribution in [1.29, 1.82) is 0 Å². The van der Waals surface area contributed by atoms with Gasteiger partial charge in [0, 0.05) is 50.6 Å². The molecule has 0 N–H and O–H groups in total. The fourth-order valence-corrected chi connectivity index (χ4v) is 2.50. The van der Waals surface area contributed by atoms with Crippen LogP contribution in [0.4, 0.5) is 4.79 Å². The van der Waals surface area contributed by atoms with Crippen LogP contribution in [0.25, 0.3) is 0 Å². The summed E-state index contributed by atoms with van der Waals surface area (Å²) < 4.78 is 20.5. The summed E-state index contributed by atoms with van der Waals surface area (Å²) in [5, 5.41) is 0.674. The average Bonchev–Trinajstić information content (AvgIpc) is 2.88. The van der Waals surface area contributed by atoms with Gasteiger partial charge in [0.1, 0.15) is 6.10 Å². The molecule has 0 saturated heterocycles. The van der Waals surface area contributed by atoms with E-state index in [2.05, 4.69) is 9.36 Å². The van der Waals surface area contributed by atoms with Gasteiger partial charge in [-0.1, -0.05) is 0 Å². The molecule has 0 fully saturated rings. The number of thioether (sulfide) groups is 1. The van der Waals surface area contributed by atoms with Gasteiger partial charge in [-0.05, 0) is 13.8 Å². The summed E-state index contributed by atoms with van der Waals surface area (Å²) in [4.78, 5) is 17.2. The minimum atomic E-state index is -0.236. The van der Waals surface area contributed by atoms with E-state index in [0.29, 0.717) is 36.8 Å². The van der Waals surface area contributed by atoms with Crippen molar-refractivity contribution in [2.24, 2.45) is 0 Å². The van der Waals surface area contributed by atoms with E-state index < -0.39 is 0 Å². The summed E-state index contributed by atoms with van der Waals surface area (Å²) in [6, 6.07) is 0. The first-order valence-electron chi connectivity index (χ1n) is 6.61. The summed E-state index contributed by atoms with van der Waals surface area (Å²) in [6.07, 6.45) is -0.236. The Bertz CT molecular complexity index is 420. The third-order valence-corrected chi connectivity index (χ3v) is 3.84. The molecule has 0 saturated carbocycles. The van der Waals surface area contributed by atoms with Crippen molar-refractivity contribution in [3.63, 3.8) is 0 Å². The number of ether oxygens (including phenoxy) is 3.